The molecule has 2 saturated heterocycles. The minimum atomic E-state index is -1.94. The molecule has 2 aliphatic heterocycles. The molecule has 15 heteroatoms. The predicted molar refractivity (Wildman–Crippen MR) is 139 cm³/mol. The van der Waals surface area contributed by atoms with Crippen molar-refractivity contribution in [1.29, 1.82) is 0 Å². The van der Waals surface area contributed by atoms with Crippen LogP contribution in [0.5, 0.6) is 23.0 Å². The average Bonchev–Trinajstić information content (AvgIpc) is 2.95. The molecule has 0 radical (unpaired) electrons. The van der Waals surface area contributed by atoms with Gasteiger partial charge in [-0.15, -0.1) is 0 Å². The van der Waals surface area contributed by atoms with E-state index in [2.05, 4.69) is 0 Å². The largest absolute Gasteiger partial charge is 0.508 e. The van der Waals surface area contributed by atoms with E-state index in [1.54, 1.807) is 0 Å². The van der Waals surface area contributed by atoms with E-state index in [0.29, 0.717) is 0 Å². The average molecular weight is 595 g/mol. The number of aliphatic hydroxyl groups is 6. The molecule has 0 amide bonds. The lowest BCUT2D eigenvalue weighted by Crippen LogP contribution is -2.61. The Bertz CT molecular complexity index is 1490. The standard InChI is InChI=1S/C27H30O15/c1-9-17(31)20(34)22(36)26(39-9)38-8-15-18(32)21(35)23(37)27(41-15)42-25-19(33)16-13(30)6-10(28)7-14(16)40-24(25)11-4-2-3-5-12(11)29/h2-7,9,15,17-18,20-23,26-32,34-37H,8H2,1H3/t9-,15-,17+,18+,20+,21+,22+,23+,26-,27+/m1/s1. The molecule has 9 N–H and O–H groups in total. The van der Waals surface area contributed by atoms with Crippen LogP contribution >= 0.6 is 0 Å². The number of hydrogen-bond donors (Lipinski definition) is 9. The molecule has 1 aromatic heterocycles. The molecule has 3 aromatic rings. The molecule has 2 fully saturated rings. The molecule has 228 valence electrons. The zero-order valence-corrected chi connectivity index (χ0v) is 21.9. The maximum absolute atomic E-state index is 13.6. The van der Waals surface area contributed by atoms with Crippen LogP contribution < -0.4 is 10.2 Å². The van der Waals surface area contributed by atoms with Crippen molar-refractivity contribution in [1.82, 2.24) is 0 Å². The maximum Gasteiger partial charge on any atom is 0.239 e. The van der Waals surface area contributed by atoms with Gasteiger partial charge < -0.3 is 69.3 Å². The summed E-state index contributed by atoms with van der Waals surface area (Å²) in [4.78, 5) is 13.6. The summed E-state index contributed by atoms with van der Waals surface area (Å²) in [5.41, 5.74) is -1.29. The number of hydrogen-bond acceptors (Lipinski definition) is 15. The number of para-hydroxylation sites is 1. The van der Waals surface area contributed by atoms with Crippen LogP contribution in [-0.2, 0) is 14.2 Å². The second-order valence-corrected chi connectivity index (χ2v) is 10.1. The minimum Gasteiger partial charge on any atom is -0.508 e. The van der Waals surface area contributed by atoms with E-state index in [1.165, 1.54) is 31.2 Å². The third-order valence-electron chi connectivity index (χ3n) is 7.20. The summed E-state index contributed by atoms with van der Waals surface area (Å²) < 4.78 is 27.9. The van der Waals surface area contributed by atoms with Gasteiger partial charge in [0.1, 0.15) is 70.9 Å². The van der Waals surface area contributed by atoms with Crippen molar-refractivity contribution < 1.29 is 69.3 Å². The topological polar surface area (TPSA) is 249 Å². The van der Waals surface area contributed by atoms with Crippen molar-refractivity contribution in [3.63, 3.8) is 0 Å². The molecule has 15 nitrogen and oxygen atoms in total. The predicted octanol–water partition coefficient (Wildman–Crippen LogP) is -1.39. The summed E-state index contributed by atoms with van der Waals surface area (Å²) in [6, 6.07) is 7.63. The van der Waals surface area contributed by atoms with Gasteiger partial charge in [0, 0.05) is 12.1 Å². The molecule has 10 atom stereocenters. The number of rotatable bonds is 6. The van der Waals surface area contributed by atoms with Crippen molar-refractivity contribution >= 4 is 11.0 Å². The van der Waals surface area contributed by atoms with Crippen LogP contribution in [0.25, 0.3) is 22.3 Å². The van der Waals surface area contributed by atoms with E-state index >= 15 is 0 Å². The summed E-state index contributed by atoms with van der Waals surface area (Å²) in [5, 5.41) is 92.1. The summed E-state index contributed by atoms with van der Waals surface area (Å²) in [6.45, 7) is 0.850. The molecule has 3 heterocycles. The quantitative estimate of drug-likeness (QED) is 0.159. The van der Waals surface area contributed by atoms with E-state index in [1.807, 2.05) is 0 Å². The fourth-order valence-corrected chi connectivity index (χ4v) is 4.83. The molecule has 0 bridgehead atoms. The van der Waals surface area contributed by atoms with E-state index in [4.69, 9.17) is 23.4 Å². The molecular weight excluding hydrogens is 564 g/mol. The Morgan fingerprint density at radius 2 is 1.45 bits per heavy atom. The second kappa shape index (κ2) is 11.6. The van der Waals surface area contributed by atoms with Gasteiger partial charge in [-0.3, -0.25) is 4.79 Å². The maximum atomic E-state index is 13.6. The first-order chi connectivity index (χ1) is 19.9. The Kier molecular flexibility index (Phi) is 8.30. The monoisotopic (exact) mass is 594 g/mol. The van der Waals surface area contributed by atoms with Crippen LogP contribution in [0, 0.1) is 0 Å². The summed E-state index contributed by atoms with van der Waals surface area (Å²) >= 11 is 0. The number of ether oxygens (including phenoxy) is 4. The van der Waals surface area contributed by atoms with Crippen LogP contribution in [0.2, 0.25) is 0 Å². The van der Waals surface area contributed by atoms with E-state index in [0.717, 1.165) is 12.1 Å². The van der Waals surface area contributed by atoms with E-state index in [-0.39, 0.29) is 22.7 Å². The van der Waals surface area contributed by atoms with Gasteiger partial charge in [-0.2, -0.15) is 0 Å². The molecule has 5 rings (SSSR count). The Hall–Kier alpha value is -3.51. The normalized spacial score (nSPS) is 33.5. The molecule has 2 aliphatic rings. The van der Waals surface area contributed by atoms with Gasteiger partial charge in [0.05, 0.1) is 18.3 Å². The van der Waals surface area contributed by atoms with Gasteiger partial charge in [0.25, 0.3) is 0 Å². The highest BCUT2D eigenvalue weighted by molar-refractivity contribution is 5.88. The molecular formula is C27H30O15. The van der Waals surface area contributed by atoms with E-state index < -0.39 is 96.1 Å². The fraction of sp³-hybridized carbons (Fsp3) is 0.444. The lowest BCUT2D eigenvalue weighted by Gasteiger charge is -2.42. The summed E-state index contributed by atoms with van der Waals surface area (Å²) in [7, 11) is 0. The fourth-order valence-electron chi connectivity index (χ4n) is 4.83. The van der Waals surface area contributed by atoms with Gasteiger partial charge in [0.2, 0.25) is 17.5 Å². The number of phenols is 3. The van der Waals surface area contributed by atoms with Crippen molar-refractivity contribution in [3.05, 3.63) is 46.6 Å². The zero-order valence-electron chi connectivity index (χ0n) is 21.9. The molecule has 0 saturated carbocycles. The Balaban J connectivity index is 1.47. The SMILES string of the molecule is C[C@H]1O[C@@H](OC[C@H]2O[C@@H](Oc3c(-c4ccccc4O)oc4cc(O)cc(O)c4c3=O)[C@@H](O)[C@@H](O)[C@H]2O)[C@@H](O)[C@@H](O)[C@H]1O. The zero-order chi connectivity index (χ0) is 30.5. The van der Waals surface area contributed by atoms with Gasteiger partial charge >= 0.3 is 0 Å². The van der Waals surface area contributed by atoms with Gasteiger partial charge in [-0.05, 0) is 19.1 Å². The number of benzene rings is 2. The van der Waals surface area contributed by atoms with E-state index in [9.17, 15) is 50.8 Å². The molecule has 0 spiro atoms. The summed E-state index contributed by atoms with van der Waals surface area (Å²) in [5.74, 6) is -2.45. The van der Waals surface area contributed by atoms with Crippen LogP contribution in [0.1, 0.15) is 6.92 Å². The minimum absolute atomic E-state index is 0.0431. The Labute approximate surface area is 236 Å². The highest BCUT2D eigenvalue weighted by Gasteiger charge is 2.47. The van der Waals surface area contributed by atoms with Crippen molar-refractivity contribution in [2.75, 3.05) is 6.61 Å². The third kappa shape index (κ3) is 5.37. The molecule has 0 aliphatic carbocycles. The lowest BCUT2D eigenvalue weighted by atomic mass is 9.98. The first-order valence-electron chi connectivity index (χ1n) is 12.9. The van der Waals surface area contributed by atoms with Gasteiger partial charge in [-0.25, -0.2) is 0 Å². The van der Waals surface area contributed by atoms with Crippen molar-refractivity contribution in [2.45, 2.75) is 68.3 Å². The van der Waals surface area contributed by atoms with Crippen LogP contribution in [0.15, 0.2) is 45.6 Å². The Morgan fingerprint density at radius 3 is 2.17 bits per heavy atom. The smallest absolute Gasteiger partial charge is 0.239 e. The van der Waals surface area contributed by atoms with Gasteiger partial charge in [-0.1, -0.05) is 12.1 Å². The highest BCUT2D eigenvalue weighted by Crippen LogP contribution is 2.40. The number of phenolic OH excluding ortho intramolecular Hbond substituents is 3. The van der Waals surface area contributed by atoms with Crippen LogP contribution in [-0.4, -0.2) is 114 Å². The first-order valence-corrected chi connectivity index (χ1v) is 12.9. The highest BCUT2D eigenvalue weighted by atomic mass is 16.7. The third-order valence-corrected chi connectivity index (χ3v) is 7.20. The number of aliphatic hydroxyl groups excluding tert-OH is 6. The second-order valence-electron chi connectivity index (χ2n) is 10.1. The lowest BCUT2D eigenvalue weighted by molar-refractivity contribution is -0.318. The number of fused-ring (bicyclic) bond motifs is 1. The van der Waals surface area contributed by atoms with Gasteiger partial charge in [0.15, 0.2) is 12.1 Å². The first kappa shape index (κ1) is 30.0. The number of aromatic hydroxyl groups is 3. The summed E-state index contributed by atoms with van der Waals surface area (Å²) in [6.07, 6.45) is -15.9. The molecule has 42 heavy (non-hydrogen) atoms. The molecule has 2 aromatic carbocycles. The van der Waals surface area contributed by atoms with Crippen LogP contribution in [0.4, 0.5) is 0 Å². The Morgan fingerprint density at radius 1 is 0.786 bits per heavy atom. The van der Waals surface area contributed by atoms with Crippen molar-refractivity contribution in [2.24, 2.45) is 0 Å². The molecule has 0 unspecified atom stereocenters. The van der Waals surface area contributed by atoms with Crippen molar-refractivity contribution in [3.8, 4) is 34.3 Å². The van der Waals surface area contributed by atoms with Crippen LogP contribution in [0.3, 0.4) is 0 Å².